The average molecular weight is 273 g/mol. The number of nitrogens with two attached hydrogens (primary N) is 1. The molecule has 1 fully saturated rings. The zero-order chi connectivity index (χ0) is 13.2. The third kappa shape index (κ3) is 3.27. The summed E-state index contributed by atoms with van der Waals surface area (Å²) in [5, 5.41) is 11.1. The lowest BCUT2D eigenvalue weighted by atomic mass is 10.0. The van der Waals surface area contributed by atoms with Gasteiger partial charge in [-0.3, -0.25) is 4.68 Å². The van der Waals surface area contributed by atoms with E-state index < -0.39 is 9.84 Å². The Bertz CT molecular complexity index is 512. The summed E-state index contributed by atoms with van der Waals surface area (Å²) < 4.78 is 24.6. The lowest BCUT2D eigenvalue weighted by Gasteiger charge is -2.23. The van der Waals surface area contributed by atoms with Crippen molar-refractivity contribution >= 4 is 9.84 Å². The molecule has 1 atom stereocenters. The number of sulfone groups is 1. The molecule has 0 aliphatic carbocycles. The standard InChI is InChI=1S/C10H19N5O2S/c1-10(2-5-18(16,17)8-10)12-3-4-15-7-9(6-11)13-14-15/h7,12H,2-6,8,11H2,1H3. The molecular formula is C10H19N5O2S. The van der Waals surface area contributed by atoms with Gasteiger partial charge in [-0.1, -0.05) is 5.21 Å². The highest BCUT2D eigenvalue weighted by molar-refractivity contribution is 7.91. The number of hydrogen-bond donors (Lipinski definition) is 2. The first-order valence-corrected chi connectivity index (χ1v) is 7.79. The first-order chi connectivity index (χ1) is 8.42. The second-order valence-corrected chi connectivity index (χ2v) is 7.19. The van der Waals surface area contributed by atoms with Crippen molar-refractivity contribution in [2.24, 2.45) is 5.73 Å². The Kier molecular flexibility index (Phi) is 3.69. The summed E-state index contributed by atoms with van der Waals surface area (Å²) in [6.45, 7) is 3.65. The monoisotopic (exact) mass is 273 g/mol. The van der Waals surface area contributed by atoms with E-state index >= 15 is 0 Å². The topological polar surface area (TPSA) is 103 Å². The molecule has 18 heavy (non-hydrogen) atoms. The number of aromatic nitrogens is 3. The Morgan fingerprint density at radius 1 is 1.61 bits per heavy atom. The Labute approximate surface area is 107 Å². The molecular weight excluding hydrogens is 254 g/mol. The lowest BCUT2D eigenvalue weighted by molar-refractivity contribution is 0.380. The van der Waals surface area contributed by atoms with Gasteiger partial charge in [0.05, 0.1) is 23.7 Å². The van der Waals surface area contributed by atoms with Gasteiger partial charge in [-0.15, -0.1) is 5.10 Å². The van der Waals surface area contributed by atoms with E-state index in [0.717, 1.165) is 5.69 Å². The van der Waals surface area contributed by atoms with E-state index in [0.29, 0.717) is 26.1 Å². The highest BCUT2D eigenvalue weighted by Crippen LogP contribution is 2.22. The fourth-order valence-electron chi connectivity index (χ4n) is 2.16. The van der Waals surface area contributed by atoms with E-state index in [2.05, 4.69) is 15.6 Å². The Hall–Kier alpha value is -0.990. The molecule has 3 N–H and O–H groups in total. The Morgan fingerprint density at radius 3 is 2.94 bits per heavy atom. The maximum atomic E-state index is 11.4. The second-order valence-electron chi connectivity index (χ2n) is 5.01. The average Bonchev–Trinajstić information content (AvgIpc) is 2.84. The number of hydrogen-bond acceptors (Lipinski definition) is 6. The maximum Gasteiger partial charge on any atom is 0.152 e. The molecule has 0 amide bonds. The van der Waals surface area contributed by atoms with Crippen LogP contribution >= 0.6 is 0 Å². The van der Waals surface area contributed by atoms with Crippen LogP contribution in [0.1, 0.15) is 19.0 Å². The Morgan fingerprint density at radius 2 is 2.39 bits per heavy atom. The van der Waals surface area contributed by atoms with Crippen LogP contribution in [-0.4, -0.2) is 47.0 Å². The van der Waals surface area contributed by atoms with Crippen LogP contribution in [0.3, 0.4) is 0 Å². The first-order valence-electron chi connectivity index (χ1n) is 5.97. The van der Waals surface area contributed by atoms with Crippen molar-refractivity contribution in [2.75, 3.05) is 18.1 Å². The zero-order valence-corrected chi connectivity index (χ0v) is 11.3. The predicted molar refractivity (Wildman–Crippen MR) is 67.6 cm³/mol. The van der Waals surface area contributed by atoms with Crippen molar-refractivity contribution in [1.29, 1.82) is 0 Å². The molecule has 0 saturated carbocycles. The molecule has 0 bridgehead atoms. The molecule has 1 aromatic rings. The van der Waals surface area contributed by atoms with Crippen molar-refractivity contribution in [1.82, 2.24) is 20.3 Å². The van der Waals surface area contributed by atoms with Gasteiger partial charge in [-0.25, -0.2) is 8.42 Å². The van der Waals surface area contributed by atoms with Gasteiger partial charge in [-0.2, -0.15) is 0 Å². The molecule has 1 aliphatic heterocycles. The highest BCUT2D eigenvalue weighted by Gasteiger charge is 2.37. The van der Waals surface area contributed by atoms with Gasteiger partial charge in [0.15, 0.2) is 9.84 Å². The molecule has 0 radical (unpaired) electrons. The largest absolute Gasteiger partial charge is 0.325 e. The van der Waals surface area contributed by atoms with Crippen molar-refractivity contribution in [2.45, 2.75) is 32.0 Å². The fraction of sp³-hybridized carbons (Fsp3) is 0.800. The zero-order valence-electron chi connectivity index (χ0n) is 10.5. The van der Waals surface area contributed by atoms with Gasteiger partial charge in [0.2, 0.25) is 0 Å². The molecule has 2 heterocycles. The third-order valence-electron chi connectivity index (χ3n) is 3.19. The van der Waals surface area contributed by atoms with Gasteiger partial charge < -0.3 is 11.1 Å². The van der Waals surface area contributed by atoms with E-state index in [1.165, 1.54) is 0 Å². The van der Waals surface area contributed by atoms with Crippen LogP contribution in [0, 0.1) is 0 Å². The number of nitrogens with one attached hydrogen (secondary N) is 1. The van der Waals surface area contributed by atoms with Crippen molar-refractivity contribution in [3.8, 4) is 0 Å². The SMILES string of the molecule is CC1(NCCn2cc(CN)nn2)CCS(=O)(=O)C1. The smallest absolute Gasteiger partial charge is 0.152 e. The second kappa shape index (κ2) is 4.94. The minimum Gasteiger partial charge on any atom is -0.325 e. The molecule has 1 aliphatic rings. The summed E-state index contributed by atoms with van der Waals surface area (Å²) in [6.07, 6.45) is 2.47. The molecule has 7 nitrogen and oxygen atoms in total. The summed E-state index contributed by atoms with van der Waals surface area (Å²) in [5.74, 6) is 0.489. The van der Waals surface area contributed by atoms with Gasteiger partial charge >= 0.3 is 0 Å². The van der Waals surface area contributed by atoms with Crippen LogP contribution in [-0.2, 0) is 22.9 Å². The van der Waals surface area contributed by atoms with Crippen LogP contribution in [0.15, 0.2) is 6.20 Å². The van der Waals surface area contributed by atoms with Crippen molar-refractivity contribution < 1.29 is 8.42 Å². The number of rotatable bonds is 5. The fourth-order valence-corrected chi connectivity index (χ4v) is 4.29. The molecule has 102 valence electrons. The Balaban J connectivity index is 1.82. The van der Waals surface area contributed by atoms with Gasteiger partial charge in [-0.05, 0) is 13.3 Å². The van der Waals surface area contributed by atoms with E-state index in [-0.39, 0.29) is 17.0 Å². The number of nitrogens with zero attached hydrogens (tertiary/aromatic N) is 3. The molecule has 1 saturated heterocycles. The van der Waals surface area contributed by atoms with Gasteiger partial charge in [0.25, 0.3) is 0 Å². The van der Waals surface area contributed by atoms with Crippen LogP contribution < -0.4 is 11.1 Å². The quantitative estimate of drug-likeness (QED) is 0.706. The van der Waals surface area contributed by atoms with Crippen molar-refractivity contribution in [3.05, 3.63) is 11.9 Å². The van der Waals surface area contributed by atoms with Gasteiger partial charge in [0.1, 0.15) is 0 Å². The molecule has 2 rings (SSSR count). The van der Waals surface area contributed by atoms with Crippen LogP contribution in [0.5, 0.6) is 0 Å². The van der Waals surface area contributed by atoms with Crippen LogP contribution in [0.4, 0.5) is 0 Å². The molecule has 0 aromatic carbocycles. The normalized spacial score (nSPS) is 26.6. The molecule has 1 unspecified atom stereocenters. The van der Waals surface area contributed by atoms with E-state index in [1.807, 2.05) is 6.92 Å². The summed E-state index contributed by atoms with van der Waals surface area (Å²) in [6, 6.07) is 0. The highest BCUT2D eigenvalue weighted by atomic mass is 32.2. The van der Waals surface area contributed by atoms with Crippen LogP contribution in [0.2, 0.25) is 0 Å². The third-order valence-corrected chi connectivity index (χ3v) is 5.09. The minimum absolute atomic E-state index is 0.214. The first kappa shape index (κ1) is 13.4. The molecule has 1 aromatic heterocycles. The summed E-state index contributed by atoms with van der Waals surface area (Å²) in [4.78, 5) is 0. The van der Waals surface area contributed by atoms with E-state index in [1.54, 1.807) is 10.9 Å². The van der Waals surface area contributed by atoms with Crippen molar-refractivity contribution in [3.63, 3.8) is 0 Å². The lowest BCUT2D eigenvalue weighted by Crippen LogP contribution is -2.44. The minimum atomic E-state index is -2.86. The maximum absolute atomic E-state index is 11.4. The van der Waals surface area contributed by atoms with E-state index in [4.69, 9.17) is 5.73 Å². The summed E-state index contributed by atoms with van der Waals surface area (Å²) >= 11 is 0. The summed E-state index contributed by atoms with van der Waals surface area (Å²) in [5.41, 5.74) is 5.89. The van der Waals surface area contributed by atoms with Gasteiger partial charge in [0, 0.05) is 24.8 Å². The van der Waals surface area contributed by atoms with Crippen LogP contribution in [0.25, 0.3) is 0 Å². The summed E-state index contributed by atoms with van der Waals surface area (Å²) in [7, 11) is -2.86. The molecule has 8 heteroatoms. The van der Waals surface area contributed by atoms with E-state index in [9.17, 15) is 8.42 Å². The molecule has 0 spiro atoms. The predicted octanol–water partition coefficient (Wildman–Crippen LogP) is -1.10.